The van der Waals surface area contributed by atoms with Crippen molar-refractivity contribution in [3.05, 3.63) is 35.4 Å². The van der Waals surface area contributed by atoms with E-state index in [1.807, 2.05) is 0 Å². The van der Waals surface area contributed by atoms with Gasteiger partial charge in [-0.3, -0.25) is 4.90 Å². The second-order valence-corrected chi connectivity index (χ2v) is 6.23. The number of rotatable bonds is 6. The number of ether oxygens (including phenoxy) is 1. The van der Waals surface area contributed by atoms with Gasteiger partial charge in [-0.05, 0) is 37.9 Å². The summed E-state index contributed by atoms with van der Waals surface area (Å²) in [4.78, 5) is 2.54. The largest absolute Gasteiger partial charge is 0.378 e. The lowest BCUT2D eigenvalue weighted by Crippen LogP contribution is -2.52. The Kier molecular flexibility index (Phi) is 5.58. The zero-order chi connectivity index (χ0) is 14.4. The Morgan fingerprint density at radius 1 is 1.25 bits per heavy atom. The fourth-order valence-electron chi connectivity index (χ4n) is 2.67. The van der Waals surface area contributed by atoms with Gasteiger partial charge >= 0.3 is 0 Å². The van der Waals surface area contributed by atoms with Crippen molar-refractivity contribution in [2.24, 2.45) is 0 Å². The van der Waals surface area contributed by atoms with Crippen LogP contribution in [-0.2, 0) is 17.8 Å². The summed E-state index contributed by atoms with van der Waals surface area (Å²) in [7, 11) is 0. The molecule has 1 saturated heterocycles. The van der Waals surface area contributed by atoms with Gasteiger partial charge < -0.3 is 10.1 Å². The number of hydrogen-bond donors (Lipinski definition) is 1. The van der Waals surface area contributed by atoms with Crippen LogP contribution in [0.1, 0.15) is 38.3 Å². The van der Waals surface area contributed by atoms with Crippen molar-refractivity contribution in [2.45, 2.75) is 45.8 Å². The molecule has 1 fully saturated rings. The molecule has 1 N–H and O–H groups in total. The SMILES string of the molecule is CCCNCc1ccccc1CN1CCOCC1(C)C. The van der Waals surface area contributed by atoms with Crippen molar-refractivity contribution in [1.29, 1.82) is 0 Å². The van der Waals surface area contributed by atoms with Crippen LogP contribution < -0.4 is 5.32 Å². The first-order valence-electron chi connectivity index (χ1n) is 7.74. The van der Waals surface area contributed by atoms with Crippen LogP contribution in [0, 0.1) is 0 Å². The Morgan fingerprint density at radius 3 is 2.70 bits per heavy atom. The first kappa shape index (κ1) is 15.5. The van der Waals surface area contributed by atoms with Gasteiger partial charge in [-0.25, -0.2) is 0 Å². The molecule has 0 radical (unpaired) electrons. The third-order valence-electron chi connectivity index (χ3n) is 4.04. The predicted octanol–water partition coefficient (Wildman–Crippen LogP) is 2.80. The van der Waals surface area contributed by atoms with Crippen LogP contribution in [0.4, 0.5) is 0 Å². The lowest BCUT2D eigenvalue weighted by Gasteiger charge is -2.42. The van der Waals surface area contributed by atoms with Crippen molar-refractivity contribution in [2.75, 3.05) is 26.3 Å². The lowest BCUT2D eigenvalue weighted by molar-refractivity contribution is -0.0553. The molecule has 0 atom stereocenters. The van der Waals surface area contributed by atoms with Crippen LogP contribution in [-0.4, -0.2) is 36.7 Å². The van der Waals surface area contributed by atoms with Gasteiger partial charge in [0.15, 0.2) is 0 Å². The van der Waals surface area contributed by atoms with E-state index >= 15 is 0 Å². The van der Waals surface area contributed by atoms with Gasteiger partial charge in [0.1, 0.15) is 0 Å². The number of benzene rings is 1. The monoisotopic (exact) mass is 276 g/mol. The molecule has 0 amide bonds. The van der Waals surface area contributed by atoms with Crippen molar-refractivity contribution in [3.63, 3.8) is 0 Å². The molecule has 0 bridgehead atoms. The summed E-state index contributed by atoms with van der Waals surface area (Å²) in [5.74, 6) is 0. The zero-order valence-electron chi connectivity index (χ0n) is 13.1. The van der Waals surface area contributed by atoms with Crippen molar-refractivity contribution in [3.8, 4) is 0 Å². The summed E-state index contributed by atoms with van der Waals surface area (Å²) < 4.78 is 5.61. The van der Waals surface area contributed by atoms with Crippen molar-refractivity contribution >= 4 is 0 Å². The van der Waals surface area contributed by atoms with Gasteiger partial charge in [0.2, 0.25) is 0 Å². The first-order chi connectivity index (χ1) is 9.63. The van der Waals surface area contributed by atoms with Gasteiger partial charge in [0, 0.05) is 25.2 Å². The standard InChI is InChI=1S/C17H28N2O/c1-4-9-18-12-15-7-5-6-8-16(15)13-19-10-11-20-14-17(19,2)3/h5-8,18H,4,9-14H2,1-3H3. The molecule has 1 heterocycles. The molecule has 3 nitrogen and oxygen atoms in total. The molecule has 0 aliphatic carbocycles. The molecule has 0 spiro atoms. The predicted molar refractivity (Wildman–Crippen MR) is 83.7 cm³/mol. The minimum atomic E-state index is 0.127. The Morgan fingerprint density at radius 2 is 2.00 bits per heavy atom. The molecule has 1 aliphatic heterocycles. The molecule has 0 aromatic heterocycles. The molecule has 1 aliphatic rings. The van der Waals surface area contributed by atoms with Crippen LogP contribution in [0.3, 0.4) is 0 Å². The second-order valence-electron chi connectivity index (χ2n) is 6.23. The molecule has 1 aromatic rings. The summed E-state index contributed by atoms with van der Waals surface area (Å²) >= 11 is 0. The van der Waals surface area contributed by atoms with E-state index in [1.54, 1.807) is 0 Å². The minimum Gasteiger partial charge on any atom is -0.378 e. The summed E-state index contributed by atoms with van der Waals surface area (Å²) in [6, 6.07) is 8.78. The molecule has 2 rings (SSSR count). The van der Waals surface area contributed by atoms with Crippen LogP contribution in [0.5, 0.6) is 0 Å². The average Bonchev–Trinajstić information content (AvgIpc) is 2.43. The Bertz CT molecular complexity index is 417. The van der Waals surface area contributed by atoms with Crippen LogP contribution in [0.25, 0.3) is 0 Å². The Labute approximate surface area is 123 Å². The molecule has 3 heteroatoms. The fraction of sp³-hybridized carbons (Fsp3) is 0.647. The van der Waals surface area contributed by atoms with Crippen molar-refractivity contribution < 1.29 is 4.74 Å². The first-order valence-corrected chi connectivity index (χ1v) is 7.74. The second kappa shape index (κ2) is 7.21. The number of hydrogen-bond acceptors (Lipinski definition) is 3. The Balaban J connectivity index is 2.04. The van der Waals surface area contributed by atoms with E-state index in [-0.39, 0.29) is 5.54 Å². The van der Waals surface area contributed by atoms with Gasteiger partial charge in [-0.2, -0.15) is 0 Å². The summed E-state index contributed by atoms with van der Waals surface area (Å²) in [6.45, 7) is 12.5. The van der Waals surface area contributed by atoms with Gasteiger partial charge in [-0.1, -0.05) is 31.2 Å². The van der Waals surface area contributed by atoms with E-state index in [1.165, 1.54) is 17.5 Å². The normalized spacial score (nSPS) is 19.1. The molecule has 1 aromatic carbocycles. The number of nitrogens with zero attached hydrogens (tertiary/aromatic N) is 1. The molecular weight excluding hydrogens is 248 g/mol. The Hall–Kier alpha value is -0.900. The third-order valence-corrected chi connectivity index (χ3v) is 4.04. The van der Waals surface area contributed by atoms with Crippen LogP contribution >= 0.6 is 0 Å². The molecule has 0 unspecified atom stereocenters. The highest BCUT2D eigenvalue weighted by atomic mass is 16.5. The lowest BCUT2D eigenvalue weighted by atomic mass is 9.99. The summed E-state index contributed by atoms with van der Waals surface area (Å²) in [5, 5.41) is 3.51. The van der Waals surface area contributed by atoms with E-state index in [0.29, 0.717) is 0 Å². The van der Waals surface area contributed by atoms with E-state index in [0.717, 1.165) is 39.4 Å². The molecular formula is C17H28N2O. The maximum atomic E-state index is 5.61. The fourth-order valence-corrected chi connectivity index (χ4v) is 2.67. The van der Waals surface area contributed by atoms with Gasteiger partial charge in [0.05, 0.1) is 13.2 Å². The number of nitrogens with one attached hydrogen (secondary N) is 1. The van der Waals surface area contributed by atoms with E-state index in [9.17, 15) is 0 Å². The highest BCUT2D eigenvalue weighted by Gasteiger charge is 2.30. The third kappa shape index (κ3) is 4.05. The van der Waals surface area contributed by atoms with E-state index < -0.39 is 0 Å². The summed E-state index contributed by atoms with van der Waals surface area (Å²) in [5.41, 5.74) is 2.98. The maximum absolute atomic E-state index is 5.61. The number of morpholine rings is 1. The van der Waals surface area contributed by atoms with Gasteiger partial charge in [-0.15, -0.1) is 0 Å². The summed E-state index contributed by atoms with van der Waals surface area (Å²) in [6.07, 6.45) is 1.18. The van der Waals surface area contributed by atoms with E-state index in [4.69, 9.17) is 4.74 Å². The van der Waals surface area contributed by atoms with Crippen LogP contribution in [0.2, 0.25) is 0 Å². The minimum absolute atomic E-state index is 0.127. The highest BCUT2D eigenvalue weighted by Crippen LogP contribution is 2.23. The smallest absolute Gasteiger partial charge is 0.0645 e. The topological polar surface area (TPSA) is 24.5 Å². The van der Waals surface area contributed by atoms with Gasteiger partial charge in [0.25, 0.3) is 0 Å². The maximum Gasteiger partial charge on any atom is 0.0645 e. The highest BCUT2D eigenvalue weighted by molar-refractivity contribution is 5.27. The van der Waals surface area contributed by atoms with Crippen molar-refractivity contribution in [1.82, 2.24) is 10.2 Å². The zero-order valence-corrected chi connectivity index (χ0v) is 13.1. The molecule has 112 valence electrons. The average molecular weight is 276 g/mol. The van der Waals surface area contributed by atoms with Crippen LogP contribution in [0.15, 0.2) is 24.3 Å². The van der Waals surface area contributed by atoms with E-state index in [2.05, 4.69) is 55.3 Å². The quantitative estimate of drug-likeness (QED) is 0.809. The molecule has 20 heavy (non-hydrogen) atoms. The molecule has 0 saturated carbocycles.